The number of aliphatic hydroxyl groups is 1. The molecule has 1 nitrogen and oxygen atoms in total. The molecular weight excluding hydrogens is 184 g/mol. The Hall–Kier alpha value is 0.250. The molecule has 2 atom stereocenters. The van der Waals surface area contributed by atoms with Gasteiger partial charge >= 0.3 is 0 Å². The van der Waals surface area contributed by atoms with Gasteiger partial charge in [0.15, 0.2) is 0 Å². The van der Waals surface area contributed by atoms with Crippen LogP contribution in [0.3, 0.4) is 0 Å². The zero-order valence-electron chi connectivity index (χ0n) is 8.93. The molecule has 0 aliphatic rings. The van der Waals surface area contributed by atoms with Crippen molar-refractivity contribution in [3.8, 4) is 0 Å². The van der Waals surface area contributed by atoms with Crippen LogP contribution in [0.25, 0.3) is 0 Å². The van der Waals surface area contributed by atoms with E-state index >= 15 is 0 Å². The first kappa shape index (κ1) is 13.2. The molecule has 13 heavy (non-hydrogen) atoms. The summed E-state index contributed by atoms with van der Waals surface area (Å²) in [7, 11) is 0. The third-order valence-electron chi connectivity index (χ3n) is 2.80. The van der Waals surface area contributed by atoms with Crippen molar-refractivity contribution in [2.45, 2.75) is 46.0 Å². The SMILES string of the molecule is CCCCC(CCO)C(C)CCCl. The molecule has 0 aromatic carbocycles. The third kappa shape index (κ3) is 6.34. The second kappa shape index (κ2) is 8.83. The van der Waals surface area contributed by atoms with E-state index in [1.165, 1.54) is 19.3 Å². The topological polar surface area (TPSA) is 20.2 Å². The van der Waals surface area contributed by atoms with Crippen molar-refractivity contribution in [3.05, 3.63) is 0 Å². The van der Waals surface area contributed by atoms with E-state index in [0.29, 0.717) is 18.4 Å². The first-order valence-electron chi connectivity index (χ1n) is 5.43. The van der Waals surface area contributed by atoms with Crippen LogP contribution in [0.2, 0.25) is 0 Å². The molecule has 2 heteroatoms. The van der Waals surface area contributed by atoms with Gasteiger partial charge in [0.2, 0.25) is 0 Å². The van der Waals surface area contributed by atoms with Crippen molar-refractivity contribution >= 4 is 11.6 Å². The number of halogens is 1. The van der Waals surface area contributed by atoms with Crippen molar-refractivity contribution in [1.82, 2.24) is 0 Å². The lowest BCUT2D eigenvalue weighted by atomic mass is 9.85. The zero-order valence-corrected chi connectivity index (χ0v) is 9.69. The molecule has 0 saturated carbocycles. The number of alkyl halides is 1. The van der Waals surface area contributed by atoms with Gasteiger partial charge in [0.05, 0.1) is 0 Å². The first-order valence-corrected chi connectivity index (χ1v) is 5.96. The highest BCUT2D eigenvalue weighted by Gasteiger charge is 2.15. The van der Waals surface area contributed by atoms with E-state index in [1.54, 1.807) is 0 Å². The summed E-state index contributed by atoms with van der Waals surface area (Å²) in [4.78, 5) is 0. The van der Waals surface area contributed by atoms with Crippen LogP contribution < -0.4 is 0 Å². The molecule has 0 bridgehead atoms. The minimum absolute atomic E-state index is 0.320. The first-order chi connectivity index (χ1) is 6.26. The summed E-state index contributed by atoms with van der Waals surface area (Å²) < 4.78 is 0. The minimum atomic E-state index is 0.320. The van der Waals surface area contributed by atoms with Crippen LogP contribution in [0.5, 0.6) is 0 Å². The van der Waals surface area contributed by atoms with Crippen LogP contribution in [0.15, 0.2) is 0 Å². The molecule has 0 spiro atoms. The van der Waals surface area contributed by atoms with Gasteiger partial charge in [-0.2, -0.15) is 0 Å². The Morgan fingerprint density at radius 1 is 1.23 bits per heavy atom. The quantitative estimate of drug-likeness (QED) is 0.604. The molecule has 0 amide bonds. The fourth-order valence-corrected chi connectivity index (χ4v) is 2.10. The summed E-state index contributed by atoms with van der Waals surface area (Å²) in [6.45, 7) is 4.78. The maximum absolute atomic E-state index is 8.92. The lowest BCUT2D eigenvalue weighted by Crippen LogP contribution is -2.14. The van der Waals surface area contributed by atoms with Gasteiger partial charge in [-0.1, -0.05) is 33.1 Å². The van der Waals surface area contributed by atoms with E-state index in [0.717, 1.165) is 18.7 Å². The van der Waals surface area contributed by atoms with Crippen LogP contribution in [-0.4, -0.2) is 17.6 Å². The summed E-state index contributed by atoms with van der Waals surface area (Å²) in [6.07, 6.45) is 5.79. The average molecular weight is 207 g/mol. The number of rotatable bonds is 8. The molecule has 0 rings (SSSR count). The fourth-order valence-electron chi connectivity index (χ4n) is 1.75. The number of unbranched alkanes of at least 4 members (excludes halogenated alkanes) is 1. The van der Waals surface area contributed by atoms with Crippen LogP contribution in [-0.2, 0) is 0 Å². The van der Waals surface area contributed by atoms with Gasteiger partial charge in [-0.05, 0) is 24.7 Å². The normalized spacial score (nSPS) is 15.7. The van der Waals surface area contributed by atoms with Gasteiger partial charge in [0, 0.05) is 12.5 Å². The molecule has 0 fully saturated rings. The lowest BCUT2D eigenvalue weighted by molar-refractivity contribution is 0.212. The summed E-state index contributed by atoms with van der Waals surface area (Å²) in [5.74, 6) is 2.08. The fraction of sp³-hybridized carbons (Fsp3) is 1.00. The maximum atomic E-state index is 8.92. The highest BCUT2D eigenvalue weighted by atomic mass is 35.5. The predicted octanol–water partition coefficient (Wildman–Crippen LogP) is 3.44. The van der Waals surface area contributed by atoms with Gasteiger partial charge in [0.25, 0.3) is 0 Å². The van der Waals surface area contributed by atoms with Gasteiger partial charge in [0.1, 0.15) is 0 Å². The summed E-state index contributed by atoms with van der Waals surface area (Å²) in [6, 6.07) is 0. The van der Waals surface area contributed by atoms with Crippen molar-refractivity contribution in [1.29, 1.82) is 0 Å². The Morgan fingerprint density at radius 3 is 2.38 bits per heavy atom. The van der Waals surface area contributed by atoms with E-state index in [-0.39, 0.29) is 0 Å². The average Bonchev–Trinajstić information content (AvgIpc) is 2.12. The molecule has 0 aliphatic heterocycles. The molecule has 0 aromatic rings. The largest absolute Gasteiger partial charge is 0.396 e. The maximum Gasteiger partial charge on any atom is 0.0433 e. The van der Waals surface area contributed by atoms with Crippen molar-refractivity contribution < 1.29 is 5.11 Å². The number of hydrogen-bond donors (Lipinski definition) is 1. The van der Waals surface area contributed by atoms with Crippen LogP contribution >= 0.6 is 11.6 Å². The number of hydrogen-bond acceptors (Lipinski definition) is 1. The van der Waals surface area contributed by atoms with E-state index in [4.69, 9.17) is 16.7 Å². The Labute approximate surface area is 87.5 Å². The van der Waals surface area contributed by atoms with Crippen LogP contribution in [0.4, 0.5) is 0 Å². The van der Waals surface area contributed by atoms with Gasteiger partial charge in [-0.15, -0.1) is 11.6 Å². The Morgan fingerprint density at radius 2 is 1.92 bits per heavy atom. The van der Waals surface area contributed by atoms with Crippen molar-refractivity contribution in [2.24, 2.45) is 11.8 Å². The molecule has 0 saturated heterocycles. The van der Waals surface area contributed by atoms with E-state index in [9.17, 15) is 0 Å². The molecule has 0 heterocycles. The third-order valence-corrected chi connectivity index (χ3v) is 3.02. The second-order valence-corrected chi connectivity index (χ2v) is 4.25. The van der Waals surface area contributed by atoms with E-state index in [1.807, 2.05) is 0 Å². The van der Waals surface area contributed by atoms with Crippen molar-refractivity contribution in [2.75, 3.05) is 12.5 Å². The predicted molar refractivity (Wildman–Crippen MR) is 59.2 cm³/mol. The van der Waals surface area contributed by atoms with Gasteiger partial charge in [-0.25, -0.2) is 0 Å². The number of aliphatic hydroxyl groups excluding tert-OH is 1. The summed E-state index contributed by atoms with van der Waals surface area (Å²) in [5, 5.41) is 8.92. The molecule has 0 aromatic heterocycles. The molecule has 2 unspecified atom stereocenters. The Kier molecular flexibility index (Phi) is 9.00. The van der Waals surface area contributed by atoms with Gasteiger partial charge in [-0.3, -0.25) is 0 Å². The molecule has 0 radical (unpaired) electrons. The molecule has 80 valence electrons. The molecular formula is C11H23ClO. The van der Waals surface area contributed by atoms with Crippen LogP contribution in [0, 0.1) is 11.8 Å². The van der Waals surface area contributed by atoms with E-state index in [2.05, 4.69) is 13.8 Å². The smallest absolute Gasteiger partial charge is 0.0433 e. The molecule has 1 N–H and O–H groups in total. The Balaban J connectivity index is 3.75. The summed E-state index contributed by atoms with van der Waals surface area (Å²) >= 11 is 5.71. The summed E-state index contributed by atoms with van der Waals surface area (Å²) in [5.41, 5.74) is 0. The highest BCUT2D eigenvalue weighted by molar-refractivity contribution is 6.17. The van der Waals surface area contributed by atoms with Gasteiger partial charge < -0.3 is 5.11 Å². The van der Waals surface area contributed by atoms with E-state index < -0.39 is 0 Å². The standard InChI is InChI=1S/C11H23ClO/c1-3-4-5-11(7-9-13)10(2)6-8-12/h10-11,13H,3-9H2,1-2H3. The lowest BCUT2D eigenvalue weighted by Gasteiger charge is -2.22. The minimum Gasteiger partial charge on any atom is -0.396 e. The highest BCUT2D eigenvalue weighted by Crippen LogP contribution is 2.24. The Bertz CT molecular complexity index is 106. The molecule has 0 aliphatic carbocycles. The monoisotopic (exact) mass is 206 g/mol. The zero-order chi connectivity index (χ0) is 10.1. The second-order valence-electron chi connectivity index (χ2n) is 3.87. The van der Waals surface area contributed by atoms with Crippen molar-refractivity contribution in [3.63, 3.8) is 0 Å². The van der Waals surface area contributed by atoms with Crippen LogP contribution in [0.1, 0.15) is 46.0 Å².